The van der Waals surface area contributed by atoms with E-state index in [9.17, 15) is 8.42 Å². The van der Waals surface area contributed by atoms with Crippen LogP contribution in [0.1, 0.15) is 11.1 Å². The Bertz CT molecular complexity index is 715. The van der Waals surface area contributed by atoms with Crippen LogP contribution in [0.3, 0.4) is 0 Å². The minimum absolute atomic E-state index is 0.0307. The molecule has 0 heterocycles. The van der Waals surface area contributed by atoms with Crippen LogP contribution in [0.2, 0.25) is 0 Å². The third-order valence-corrected chi connectivity index (χ3v) is 3.70. The minimum Gasteiger partial charge on any atom is -0.282 e. The van der Waals surface area contributed by atoms with E-state index in [4.69, 9.17) is 4.55 Å². The van der Waals surface area contributed by atoms with Gasteiger partial charge in [-0.05, 0) is 22.6 Å². The maximum atomic E-state index is 11.2. The smallest absolute Gasteiger partial charge is 0.282 e. The summed E-state index contributed by atoms with van der Waals surface area (Å²) in [6, 6.07) is 8.55. The molecular weight excluding hydrogens is 224 g/mol. The molecule has 0 fully saturated rings. The molecule has 2 aromatic carbocycles. The summed E-state index contributed by atoms with van der Waals surface area (Å²) in [4.78, 5) is -0.0307. The molecule has 0 aromatic heterocycles. The van der Waals surface area contributed by atoms with Gasteiger partial charge in [0.1, 0.15) is 4.90 Å². The van der Waals surface area contributed by atoms with E-state index in [1.54, 1.807) is 18.2 Å². The number of hydrogen-bond donors (Lipinski definition) is 1. The second-order valence-electron chi connectivity index (χ2n) is 3.73. The first-order valence-electron chi connectivity index (χ1n) is 4.79. The lowest BCUT2D eigenvalue weighted by Gasteiger charge is -2.06. The summed E-state index contributed by atoms with van der Waals surface area (Å²) in [5.41, 5.74) is 1.97. The predicted octanol–water partition coefficient (Wildman–Crippen LogP) is 2.57. The van der Waals surface area contributed by atoms with E-state index in [1.165, 1.54) is 6.07 Å². The van der Waals surface area contributed by atoms with Crippen LogP contribution in [0.4, 0.5) is 0 Å². The fourth-order valence-electron chi connectivity index (χ4n) is 2.12. The van der Waals surface area contributed by atoms with Gasteiger partial charge in [0, 0.05) is 5.39 Å². The third-order valence-electron chi connectivity index (χ3n) is 2.79. The molecule has 1 aliphatic rings. The highest BCUT2D eigenvalue weighted by atomic mass is 32.2. The van der Waals surface area contributed by atoms with Crippen LogP contribution < -0.4 is 0 Å². The van der Waals surface area contributed by atoms with Gasteiger partial charge in [0.05, 0.1) is 0 Å². The topological polar surface area (TPSA) is 54.4 Å². The van der Waals surface area contributed by atoms with Crippen LogP contribution in [-0.2, 0) is 10.1 Å². The molecule has 80 valence electrons. The van der Waals surface area contributed by atoms with Crippen LogP contribution in [0.25, 0.3) is 22.9 Å². The molecule has 16 heavy (non-hydrogen) atoms. The van der Waals surface area contributed by atoms with Crippen molar-refractivity contribution in [3.8, 4) is 0 Å². The van der Waals surface area contributed by atoms with Crippen molar-refractivity contribution in [1.82, 2.24) is 0 Å². The van der Waals surface area contributed by atoms with E-state index >= 15 is 0 Å². The number of hydrogen-bond acceptors (Lipinski definition) is 2. The molecule has 0 bridgehead atoms. The summed E-state index contributed by atoms with van der Waals surface area (Å²) >= 11 is 0. The lowest BCUT2D eigenvalue weighted by molar-refractivity contribution is 0.484. The molecule has 0 radical (unpaired) electrons. The second-order valence-corrected chi connectivity index (χ2v) is 5.12. The lowest BCUT2D eigenvalue weighted by atomic mass is 10.0. The minimum atomic E-state index is -4.16. The zero-order valence-electron chi connectivity index (χ0n) is 8.21. The fraction of sp³-hybridized carbons (Fsp3) is 0. The zero-order chi connectivity index (χ0) is 11.3. The average molecular weight is 232 g/mol. The van der Waals surface area contributed by atoms with Gasteiger partial charge in [-0.3, -0.25) is 4.55 Å². The maximum absolute atomic E-state index is 11.2. The van der Waals surface area contributed by atoms with E-state index in [-0.39, 0.29) is 4.90 Å². The van der Waals surface area contributed by atoms with Crippen LogP contribution in [0, 0.1) is 0 Å². The lowest BCUT2D eigenvalue weighted by Crippen LogP contribution is -1.99. The molecule has 1 N–H and O–H groups in total. The summed E-state index contributed by atoms with van der Waals surface area (Å²) < 4.78 is 31.6. The van der Waals surface area contributed by atoms with Crippen LogP contribution in [0.5, 0.6) is 0 Å². The van der Waals surface area contributed by atoms with Crippen molar-refractivity contribution in [3.63, 3.8) is 0 Å². The molecule has 0 spiro atoms. The summed E-state index contributed by atoms with van der Waals surface area (Å²) in [6.45, 7) is 0. The van der Waals surface area contributed by atoms with Crippen molar-refractivity contribution >= 4 is 33.0 Å². The van der Waals surface area contributed by atoms with E-state index < -0.39 is 10.1 Å². The molecular formula is C12H8O3S. The summed E-state index contributed by atoms with van der Waals surface area (Å²) in [6.07, 6.45) is 3.87. The first-order chi connectivity index (χ1) is 7.57. The van der Waals surface area contributed by atoms with Gasteiger partial charge in [-0.25, -0.2) is 0 Å². The second kappa shape index (κ2) is 2.93. The highest BCUT2D eigenvalue weighted by Gasteiger charge is 2.18. The molecule has 0 amide bonds. The predicted molar refractivity (Wildman–Crippen MR) is 62.7 cm³/mol. The quantitative estimate of drug-likeness (QED) is 0.656. The Morgan fingerprint density at radius 1 is 0.938 bits per heavy atom. The van der Waals surface area contributed by atoms with E-state index in [1.807, 2.05) is 18.2 Å². The molecule has 1 aliphatic carbocycles. The fourth-order valence-corrected chi connectivity index (χ4v) is 2.81. The standard InChI is InChI=1S/C12H8O3S/c13-16(14,15)11-7-6-9-5-4-8-2-1-3-10(11)12(8)9/h1-7H,(H,13,14,15). The van der Waals surface area contributed by atoms with Crippen LogP contribution >= 0.6 is 0 Å². The summed E-state index contributed by atoms with van der Waals surface area (Å²) in [5.74, 6) is 0. The van der Waals surface area contributed by atoms with Crippen molar-refractivity contribution in [2.24, 2.45) is 0 Å². The van der Waals surface area contributed by atoms with Gasteiger partial charge in [-0.1, -0.05) is 36.4 Å². The molecule has 2 aromatic rings. The number of rotatable bonds is 1. The normalized spacial score (nSPS) is 13.6. The van der Waals surface area contributed by atoms with Crippen molar-refractivity contribution in [2.75, 3.05) is 0 Å². The van der Waals surface area contributed by atoms with Gasteiger partial charge in [-0.15, -0.1) is 0 Å². The molecule has 0 saturated heterocycles. The first-order valence-corrected chi connectivity index (χ1v) is 6.23. The Kier molecular flexibility index (Phi) is 1.75. The highest BCUT2D eigenvalue weighted by Crippen LogP contribution is 2.34. The van der Waals surface area contributed by atoms with Gasteiger partial charge < -0.3 is 0 Å². The zero-order valence-corrected chi connectivity index (χ0v) is 9.03. The van der Waals surface area contributed by atoms with Crippen LogP contribution in [-0.4, -0.2) is 13.0 Å². The Hall–Kier alpha value is -1.65. The average Bonchev–Trinajstić information content (AvgIpc) is 2.63. The Morgan fingerprint density at radius 2 is 1.62 bits per heavy atom. The Morgan fingerprint density at radius 3 is 2.31 bits per heavy atom. The van der Waals surface area contributed by atoms with Gasteiger partial charge >= 0.3 is 0 Å². The molecule has 0 aliphatic heterocycles. The largest absolute Gasteiger partial charge is 0.295 e. The van der Waals surface area contributed by atoms with Crippen molar-refractivity contribution in [3.05, 3.63) is 41.5 Å². The van der Waals surface area contributed by atoms with E-state index in [2.05, 4.69) is 0 Å². The van der Waals surface area contributed by atoms with E-state index in [0.717, 1.165) is 16.5 Å². The van der Waals surface area contributed by atoms with Crippen molar-refractivity contribution < 1.29 is 13.0 Å². The molecule has 0 unspecified atom stereocenters. The van der Waals surface area contributed by atoms with Gasteiger partial charge in [0.2, 0.25) is 0 Å². The Labute approximate surface area is 92.8 Å². The van der Waals surface area contributed by atoms with Gasteiger partial charge in [0.15, 0.2) is 0 Å². The van der Waals surface area contributed by atoms with Crippen molar-refractivity contribution in [1.29, 1.82) is 0 Å². The third kappa shape index (κ3) is 1.20. The highest BCUT2D eigenvalue weighted by molar-refractivity contribution is 7.86. The summed E-state index contributed by atoms with van der Waals surface area (Å²) in [7, 11) is -4.16. The molecule has 3 nitrogen and oxygen atoms in total. The van der Waals surface area contributed by atoms with Gasteiger partial charge in [-0.2, -0.15) is 8.42 Å². The SMILES string of the molecule is O=S(=O)(O)c1ccc2c3c(cccc13)C=C2. The monoisotopic (exact) mass is 232 g/mol. The maximum Gasteiger partial charge on any atom is 0.295 e. The van der Waals surface area contributed by atoms with Crippen molar-refractivity contribution in [2.45, 2.75) is 4.90 Å². The molecule has 0 saturated carbocycles. The van der Waals surface area contributed by atoms with Gasteiger partial charge in [0.25, 0.3) is 10.1 Å². The Balaban J connectivity index is 2.55. The number of benzene rings is 2. The molecule has 3 rings (SSSR count). The summed E-state index contributed by atoms with van der Waals surface area (Å²) in [5, 5.41) is 1.46. The molecule has 4 heteroatoms. The molecule has 0 atom stereocenters. The van der Waals surface area contributed by atoms with Crippen LogP contribution in [0.15, 0.2) is 35.2 Å². The van der Waals surface area contributed by atoms with E-state index in [0.29, 0.717) is 5.39 Å². The first kappa shape index (κ1) is 9.57.